The lowest BCUT2D eigenvalue weighted by Gasteiger charge is -2.11. The molecule has 7 heteroatoms. The summed E-state index contributed by atoms with van der Waals surface area (Å²) in [7, 11) is 4.52. The lowest BCUT2D eigenvalue weighted by atomic mass is 10.1. The van der Waals surface area contributed by atoms with Crippen molar-refractivity contribution in [1.82, 2.24) is 15.0 Å². The summed E-state index contributed by atoms with van der Waals surface area (Å²) in [5, 5.41) is 16.8. The van der Waals surface area contributed by atoms with E-state index in [0.29, 0.717) is 17.1 Å². The fourth-order valence-electron chi connectivity index (χ4n) is 1.85. The van der Waals surface area contributed by atoms with Crippen molar-refractivity contribution in [3.63, 3.8) is 0 Å². The second-order valence-corrected chi connectivity index (χ2v) is 3.76. The molecule has 0 fully saturated rings. The molecule has 100 valence electrons. The average molecular weight is 263 g/mol. The molecule has 19 heavy (non-hydrogen) atoms. The summed E-state index contributed by atoms with van der Waals surface area (Å²) in [5.41, 5.74) is 0.754. The van der Waals surface area contributed by atoms with E-state index in [-0.39, 0.29) is 11.4 Å². The number of aromatic nitrogens is 3. The van der Waals surface area contributed by atoms with Crippen LogP contribution in [0.15, 0.2) is 18.2 Å². The van der Waals surface area contributed by atoms with E-state index >= 15 is 0 Å². The third-order valence-corrected chi connectivity index (χ3v) is 2.69. The largest absolute Gasteiger partial charge is 0.493 e. The maximum absolute atomic E-state index is 11.3. The van der Waals surface area contributed by atoms with Crippen molar-refractivity contribution in [3.8, 4) is 22.8 Å². The van der Waals surface area contributed by atoms with Gasteiger partial charge in [0, 0.05) is 7.05 Å². The second kappa shape index (κ2) is 4.97. The number of carbonyl (C=O) groups is 1. The number of para-hydroxylation sites is 1. The Kier molecular flexibility index (Phi) is 3.37. The predicted octanol–water partition coefficient (Wildman–Crippen LogP) is 1.20. The van der Waals surface area contributed by atoms with Crippen LogP contribution >= 0.6 is 0 Å². The molecule has 0 unspecified atom stereocenters. The van der Waals surface area contributed by atoms with Crippen LogP contribution in [0.5, 0.6) is 11.5 Å². The first kappa shape index (κ1) is 12.9. The highest BCUT2D eigenvalue weighted by atomic mass is 16.5. The molecular formula is C12H13N3O4. The summed E-state index contributed by atoms with van der Waals surface area (Å²) in [5.74, 6) is -0.178. The first-order valence-corrected chi connectivity index (χ1v) is 5.44. The Morgan fingerprint density at radius 3 is 2.63 bits per heavy atom. The van der Waals surface area contributed by atoms with Crippen LogP contribution < -0.4 is 9.47 Å². The molecule has 0 saturated carbocycles. The van der Waals surface area contributed by atoms with Gasteiger partial charge in [0.25, 0.3) is 0 Å². The van der Waals surface area contributed by atoms with Crippen molar-refractivity contribution >= 4 is 5.97 Å². The predicted molar refractivity (Wildman–Crippen MR) is 66.5 cm³/mol. The summed E-state index contributed by atoms with van der Waals surface area (Å²) >= 11 is 0. The third kappa shape index (κ3) is 2.10. The third-order valence-electron chi connectivity index (χ3n) is 2.69. The highest BCUT2D eigenvalue weighted by molar-refractivity contribution is 5.94. The molecule has 0 spiro atoms. The molecule has 0 saturated heterocycles. The maximum Gasteiger partial charge on any atom is 0.356 e. The Morgan fingerprint density at radius 1 is 1.32 bits per heavy atom. The van der Waals surface area contributed by atoms with Crippen LogP contribution in [0.25, 0.3) is 11.3 Å². The van der Waals surface area contributed by atoms with Gasteiger partial charge in [-0.05, 0) is 12.1 Å². The summed E-state index contributed by atoms with van der Waals surface area (Å²) in [6.07, 6.45) is 0. The minimum atomic E-state index is -1.10. The van der Waals surface area contributed by atoms with E-state index in [2.05, 4.69) is 10.3 Å². The zero-order chi connectivity index (χ0) is 14.0. The Morgan fingerprint density at radius 2 is 2.05 bits per heavy atom. The van der Waals surface area contributed by atoms with Crippen molar-refractivity contribution in [2.45, 2.75) is 0 Å². The van der Waals surface area contributed by atoms with Crippen molar-refractivity contribution in [1.29, 1.82) is 0 Å². The smallest absolute Gasteiger partial charge is 0.356 e. The van der Waals surface area contributed by atoms with E-state index in [1.807, 2.05) is 0 Å². The Hall–Kier alpha value is -2.57. The van der Waals surface area contributed by atoms with Crippen LogP contribution in [-0.4, -0.2) is 40.3 Å². The standard InChI is InChI=1S/C12H13N3O4/c1-15-10(12(16)17)9(13-14-15)7-5-4-6-8(18-2)11(7)19-3/h4-6H,1-3H3,(H,16,17). The molecule has 7 nitrogen and oxygen atoms in total. The molecule has 1 heterocycles. The van der Waals surface area contributed by atoms with Crippen molar-refractivity contribution in [3.05, 3.63) is 23.9 Å². The lowest BCUT2D eigenvalue weighted by molar-refractivity contribution is 0.0686. The van der Waals surface area contributed by atoms with E-state index in [0.717, 1.165) is 0 Å². The maximum atomic E-state index is 11.3. The van der Waals surface area contributed by atoms with E-state index < -0.39 is 5.97 Å². The number of methoxy groups -OCH3 is 2. The van der Waals surface area contributed by atoms with Gasteiger partial charge in [-0.2, -0.15) is 0 Å². The number of carboxylic acid groups (broad SMARTS) is 1. The number of aryl methyl sites for hydroxylation is 1. The summed E-state index contributed by atoms with van der Waals surface area (Å²) < 4.78 is 11.7. The molecule has 1 N–H and O–H groups in total. The highest BCUT2D eigenvalue weighted by Crippen LogP contribution is 2.37. The monoisotopic (exact) mass is 263 g/mol. The first-order valence-electron chi connectivity index (χ1n) is 5.44. The highest BCUT2D eigenvalue weighted by Gasteiger charge is 2.23. The van der Waals surface area contributed by atoms with E-state index in [1.165, 1.54) is 25.9 Å². The number of aromatic carboxylic acids is 1. The molecular weight excluding hydrogens is 250 g/mol. The van der Waals surface area contributed by atoms with Crippen molar-refractivity contribution in [2.24, 2.45) is 7.05 Å². The van der Waals surface area contributed by atoms with E-state index in [1.54, 1.807) is 18.2 Å². The number of rotatable bonds is 4. The molecule has 2 aromatic rings. The van der Waals surface area contributed by atoms with Gasteiger partial charge in [-0.25, -0.2) is 9.48 Å². The Balaban J connectivity index is 2.69. The minimum Gasteiger partial charge on any atom is -0.493 e. The number of hydrogen-bond donors (Lipinski definition) is 1. The normalized spacial score (nSPS) is 10.3. The van der Waals surface area contributed by atoms with Gasteiger partial charge in [0.2, 0.25) is 0 Å². The molecule has 0 bridgehead atoms. The number of nitrogens with zero attached hydrogens (tertiary/aromatic N) is 3. The molecule has 1 aromatic heterocycles. The van der Waals surface area contributed by atoms with Gasteiger partial charge >= 0.3 is 5.97 Å². The van der Waals surface area contributed by atoms with E-state index in [4.69, 9.17) is 9.47 Å². The molecule has 0 aliphatic rings. The quantitative estimate of drug-likeness (QED) is 0.891. The van der Waals surface area contributed by atoms with Crippen LogP contribution in [0.1, 0.15) is 10.5 Å². The van der Waals surface area contributed by atoms with Crippen LogP contribution in [-0.2, 0) is 7.05 Å². The zero-order valence-electron chi connectivity index (χ0n) is 10.7. The topological polar surface area (TPSA) is 86.5 Å². The lowest BCUT2D eigenvalue weighted by Crippen LogP contribution is -2.07. The molecule has 2 rings (SSSR count). The Labute approximate surface area is 109 Å². The molecule has 0 amide bonds. The van der Waals surface area contributed by atoms with Crippen LogP contribution in [0.2, 0.25) is 0 Å². The molecule has 0 atom stereocenters. The van der Waals surface area contributed by atoms with Gasteiger partial charge in [0.1, 0.15) is 5.69 Å². The number of benzene rings is 1. The van der Waals surface area contributed by atoms with Crippen LogP contribution in [0.3, 0.4) is 0 Å². The van der Waals surface area contributed by atoms with Gasteiger partial charge < -0.3 is 14.6 Å². The molecule has 1 aromatic carbocycles. The van der Waals surface area contributed by atoms with Gasteiger partial charge in [0.05, 0.1) is 19.8 Å². The van der Waals surface area contributed by atoms with Crippen molar-refractivity contribution in [2.75, 3.05) is 14.2 Å². The molecule has 0 radical (unpaired) electrons. The first-order chi connectivity index (χ1) is 9.10. The molecule has 0 aliphatic heterocycles. The van der Waals surface area contributed by atoms with Crippen LogP contribution in [0.4, 0.5) is 0 Å². The zero-order valence-corrected chi connectivity index (χ0v) is 10.7. The average Bonchev–Trinajstić information content (AvgIpc) is 2.79. The number of ether oxygens (including phenoxy) is 2. The number of hydrogen-bond acceptors (Lipinski definition) is 5. The summed E-state index contributed by atoms with van der Waals surface area (Å²) in [6.45, 7) is 0. The molecule has 0 aliphatic carbocycles. The van der Waals surface area contributed by atoms with E-state index in [9.17, 15) is 9.90 Å². The SMILES string of the molecule is COc1cccc(-c2nnn(C)c2C(=O)O)c1OC. The number of carboxylic acids is 1. The van der Waals surface area contributed by atoms with Crippen LogP contribution in [0, 0.1) is 0 Å². The fourth-order valence-corrected chi connectivity index (χ4v) is 1.85. The Bertz CT molecular complexity index is 621. The van der Waals surface area contributed by atoms with Crippen molar-refractivity contribution < 1.29 is 19.4 Å². The van der Waals surface area contributed by atoms with Gasteiger partial charge in [0.15, 0.2) is 17.2 Å². The second-order valence-electron chi connectivity index (χ2n) is 3.76. The summed E-state index contributed by atoms with van der Waals surface area (Å²) in [6, 6.07) is 5.16. The minimum absolute atomic E-state index is 0.00782. The van der Waals surface area contributed by atoms with Gasteiger partial charge in [-0.3, -0.25) is 0 Å². The van der Waals surface area contributed by atoms with Gasteiger partial charge in [-0.15, -0.1) is 5.10 Å². The fraction of sp³-hybridized carbons (Fsp3) is 0.250. The summed E-state index contributed by atoms with van der Waals surface area (Å²) in [4.78, 5) is 11.3. The van der Waals surface area contributed by atoms with Gasteiger partial charge in [-0.1, -0.05) is 11.3 Å².